The van der Waals surface area contributed by atoms with E-state index in [1.54, 1.807) is 27.9 Å². The third-order valence-corrected chi connectivity index (χ3v) is 14.8. The second-order valence-corrected chi connectivity index (χ2v) is 23.2. The molecule has 0 aliphatic carbocycles. The van der Waals surface area contributed by atoms with Crippen molar-refractivity contribution in [2.24, 2.45) is 22.7 Å². The fraction of sp³-hybridized carbons (Fsp3) is 0.552. The number of amides is 6. The zero-order chi connectivity index (χ0) is 55.9. The molecule has 0 spiro atoms. The van der Waals surface area contributed by atoms with Crippen molar-refractivity contribution in [1.29, 1.82) is 0 Å². The van der Waals surface area contributed by atoms with E-state index in [0.29, 0.717) is 0 Å². The van der Waals surface area contributed by atoms with E-state index >= 15 is 0 Å². The zero-order valence-electron chi connectivity index (χ0n) is 47.0. The predicted molar refractivity (Wildman–Crippen MR) is 299 cm³/mol. The van der Waals surface area contributed by atoms with Crippen LogP contribution in [0.25, 0.3) is 0 Å². The Kier molecular flexibility index (Phi) is 21.5. The standard InChI is InChI=1S/C58H83N9O8.ClH/c1-32-15-19-40(20-16-32)34(3)62-53(72)45-23-38(30-66(45)55(74)49(57(7,8)9)64-51(70)36(5)60-13)25-47(68)42-27-43(29-44(59)28-42)48(69)26-39-24-46(54(73)63-35(4)41-21-17-33(2)18-22-41)67(31-39)56(75)50(58(10,11)12)65-52(71)37(6)61-14;/h15-22,27-29,34-39,45-46,49-50,60-61H,23-26,30-31,59H2,1-14H3,(H,62,72)(H,63,73)(H,64,70)(H,65,71);1H/t34-,35-,36+,37+,38-,39-,45+,46+,49-,50-;/m1./s1. The van der Waals surface area contributed by atoms with Crippen molar-refractivity contribution in [1.82, 2.24) is 41.7 Å². The summed E-state index contributed by atoms with van der Waals surface area (Å²) in [7, 11) is 3.29. The summed E-state index contributed by atoms with van der Waals surface area (Å²) in [6, 6.07) is 14.2. The van der Waals surface area contributed by atoms with E-state index < -0.39 is 82.8 Å². The second-order valence-electron chi connectivity index (χ2n) is 23.2. The summed E-state index contributed by atoms with van der Waals surface area (Å²) in [5.74, 6) is -4.03. The monoisotopic (exact) mass is 1070 g/mol. The molecule has 0 unspecified atom stereocenters. The number of benzene rings is 3. The molecule has 2 saturated heterocycles. The minimum atomic E-state index is -0.993. The minimum absolute atomic E-state index is 0. The van der Waals surface area contributed by atoms with Crippen molar-refractivity contribution in [3.8, 4) is 0 Å². The molecule has 0 aromatic heterocycles. The van der Waals surface area contributed by atoms with Gasteiger partial charge in [-0.15, -0.1) is 12.4 Å². The summed E-state index contributed by atoms with van der Waals surface area (Å²) in [6.07, 6.45) is 0.189. The molecule has 5 rings (SSSR count). The van der Waals surface area contributed by atoms with E-state index in [-0.39, 0.29) is 103 Å². The number of ketones is 2. The Bertz CT molecular complexity index is 2410. The maximum atomic E-state index is 14.6. The van der Waals surface area contributed by atoms with E-state index in [9.17, 15) is 38.4 Å². The molecule has 0 radical (unpaired) electrons. The third kappa shape index (κ3) is 15.9. The van der Waals surface area contributed by atoms with E-state index in [1.165, 1.54) is 28.0 Å². The lowest BCUT2D eigenvalue weighted by molar-refractivity contribution is -0.144. The molecule has 2 fully saturated rings. The second kappa shape index (κ2) is 26.3. The Labute approximate surface area is 456 Å². The first-order chi connectivity index (χ1) is 35.0. The third-order valence-electron chi connectivity index (χ3n) is 14.8. The molecule has 3 aromatic rings. The first-order valence-corrected chi connectivity index (χ1v) is 26.3. The van der Waals surface area contributed by atoms with Crippen molar-refractivity contribution in [2.45, 2.75) is 157 Å². The summed E-state index contributed by atoms with van der Waals surface area (Å²) in [5, 5.41) is 17.8. The maximum absolute atomic E-state index is 14.6. The van der Waals surface area contributed by atoms with Gasteiger partial charge in [0.1, 0.15) is 24.2 Å². The molecule has 0 bridgehead atoms. The number of likely N-dealkylation sites (N-methyl/N-ethyl adjacent to an activating group) is 2. The summed E-state index contributed by atoms with van der Waals surface area (Å²) in [5.41, 5.74) is 9.36. The van der Waals surface area contributed by atoms with Crippen LogP contribution in [-0.2, 0) is 28.8 Å². The number of carbonyl (C=O) groups excluding carboxylic acids is 8. The number of likely N-dealkylation sites (tertiary alicyclic amines) is 2. The Morgan fingerprint density at radius 2 is 0.882 bits per heavy atom. The molecule has 2 aliphatic heterocycles. The first-order valence-electron chi connectivity index (χ1n) is 26.3. The Hall–Kier alpha value is -6.17. The van der Waals surface area contributed by atoms with Crippen LogP contribution in [0.1, 0.15) is 150 Å². The SMILES string of the molecule is CN[C@@H](C)C(=O)N[C@H](C(=O)N1C[C@@H](CC(=O)c2cc(N)cc(C(=O)C[C@H]3C[C@@H](C(=O)N[C@H](C)c4ccc(C)cc4)N(C(=O)[C@@H](NC(=O)[C@H](C)NC)C(C)(C)C)C3)c2)C[C@H]1C(=O)N[C@H](C)c1ccc(C)cc1)C(C)(C)C.Cl. The Morgan fingerprint density at radius 1 is 0.553 bits per heavy atom. The average molecular weight is 1070 g/mol. The topological polar surface area (TPSA) is 241 Å². The number of rotatable bonds is 20. The Morgan fingerprint density at radius 3 is 1.18 bits per heavy atom. The number of nitrogens with zero attached hydrogens (tertiary/aromatic N) is 2. The van der Waals surface area contributed by atoms with Gasteiger partial charge in [0, 0.05) is 42.7 Å². The fourth-order valence-corrected chi connectivity index (χ4v) is 9.78. The van der Waals surface area contributed by atoms with Gasteiger partial charge in [-0.25, -0.2) is 0 Å². The van der Waals surface area contributed by atoms with Crippen molar-refractivity contribution < 1.29 is 38.4 Å². The molecule has 8 N–H and O–H groups in total. The molecule has 0 saturated carbocycles. The number of nitrogen functional groups attached to an aromatic ring is 1. The van der Waals surface area contributed by atoms with Crippen LogP contribution in [0, 0.1) is 36.5 Å². The van der Waals surface area contributed by atoms with Crippen LogP contribution in [0.2, 0.25) is 0 Å². The van der Waals surface area contributed by atoms with Crippen molar-refractivity contribution in [3.05, 3.63) is 100 Å². The van der Waals surface area contributed by atoms with Crippen LogP contribution in [-0.4, -0.2) is 120 Å². The van der Waals surface area contributed by atoms with E-state index in [4.69, 9.17) is 5.73 Å². The van der Waals surface area contributed by atoms with Gasteiger partial charge in [-0.05, 0) is 120 Å². The van der Waals surface area contributed by atoms with Gasteiger partial charge >= 0.3 is 0 Å². The number of hydrogen-bond acceptors (Lipinski definition) is 11. The summed E-state index contributed by atoms with van der Waals surface area (Å²) in [6.45, 7) is 22.2. The molecule has 18 heteroatoms. The normalized spacial score (nSPS) is 20.0. The number of anilines is 1. The number of aryl methyl sites for hydroxylation is 2. The summed E-state index contributed by atoms with van der Waals surface area (Å²) >= 11 is 0. The molecule has 3 aromatic carbocycles. The van der Waals surface area contributed by atoms with Gasteiger partial charge in [0.05, 0.1) is 24.2 Å². The fourth-order valence-electron chi connectivity index (χ4n) is 9.78. The number of nitrogens with two attached hydrogens (primary N) is 1. The molecule has 2 heterocycles. The van der Waals surface area contributed by atoms with Crippen LogP contribution in [0.5, 0.6) is 0 Å². The highest BCUT2D eigenvalue weighted by atomic mass is 35.5. The largest absolute Gasteiger partial charge is 0.399 e. The Balaban J connectivity index is 0.0000125. The van der Waals surface area contributed by atoms with E-state index in [2.05, 4.69) is 31.9 Å². The number of hydrogen-bond donors (Lipinski definition) is 7. The maximum Gasteiger partial charge on any atom is 0.246 e. The molecule has 76 heavy (non-hydrogen) atoms. The van der Waals surface area contributed by atoms with Gasteiger partial charge in [0.2, 0.25) is 35.4 Å². The van der Waals surface area contributed by atoms with Crippen LogP contribution in [0.3, 0.4) is 0 Å². The highest BCUT2D eigenvalue weighted by molar-refractivity contribution is 6.03. The first kappa shape index (κ1) is 62.4. The average Bonchev–Trinajstić information content (AvgIpc) is 3.98. The quantitative estimate of drug-likeness (QED) is 0.0518. The molecular weight excluding hydrogens is 986 g/mol. The van der Waals surface area contributed by atoms with Gasteiger partial charge in [-0.3, -0.25) is 38.4 Å². The van der Waals surface area contributed by atoms with Crippen LogP contribution < -0.4 is 37.6 Å². The smallest absolute Gasteiger partial charge is 0.246 e. The molecule has 6 amide bonds. The lowest BCUT2D eigenvalue weighted by Gasteiger charge is -2.36. The van der Waals surface area contributed by atoms with Gasteiger partial charge in [0.15, 0.2) is 11.6 Å². The number of Topliss-reactive ketones (excluding diaryl/α,β-unsaturated/α-hetero) is 2. The highest BCUT2D eigenvalue weighted by Gasteiger charge is 2.47. The number of carbonyl (C=O) groups is 8. The molecule has 416 valence electrons. The van der Waals surface area contributed by atoms with Crippen LogP contribution >= 0.6 is 12.4 Å². The summed E-state index contributed by atoms with van der Waals surface area (Å²) in [4.78, 5) is 116. The lowest BCUT2D eigenvalue weighted by atomic mass is 9.85. The van der Waals surface area contributed by atoms with Crippen molar-refractivity contribution in [2.75, 3.05) is 32.9 Å². The molecular formula is C58H84ClN9O8. The van der Waals surface area contributed by atoms with Gasteiger partial charge < -0.3 is 47.4 Å². The van der Waals surface area contributed by atoms with Gasteiger partial charge in [-0.1, -0.05) is 101 Å². The molecule has 2 aliphatic rings. The number of halogens is 1. The molecule has 17 nitrogen and oxygen atoms in total. The van der Waals surface area contributed by atoms with Gasteiger partial charge in [-0.2, -0.15) is 0 Å². The number of nitrogens with one attached hydrogen (secondary N) is 6. The predicted octanol–water partition coefficient (Wildman–Crippen LogP) is 5.92. The highest BCUT2D eigenvalue weighted by Crippen LogP contribution is 2.34. The van der Waals surface area contributed by atoms with Crippen molar-refractivity contribution in [3.63, 3.8) is 0 Å². The summed E-state index contributed by atoms with van der Waals surface area (Å²) < 4.78 is 0. The van der Waals surface area contributed by atoms with E-state index in [0.717, 1.165) is 22.3 Å². The zero-order valence-corrected chi connectivity index (χ0v) is 47.8. The van der Waals surface area contributed by atoms with Crippen LogP contribution in [0.4, 0.5) is 5.69 Å². The van der Waals surface area contributed by atoms with Crippen molar-refractivity contribution >= 4 is 65.1 Å². The van der Waals surface area contributed by atoms with Crippen LogP contribution in [0.15, 0.2) is 66.7 Å². The van der Waals surface area contributed by atoms with E-state index in [1.807, 2.05) is 118 Å². The molecule has 10 atom stereocenters. The lowest BCUT2D eigenvalue weighted by Crippen LogP contribution is -2.59. The van der Waals surface area contributed by atoms with Gasteiger partial charge in [0.25, 0.3) is 0 Å². The minimum Gasteiger partial charge on any atom is -0.399 e.